The van der Waals surface area contributed by atoms with Crippen molar-refractivity contribution in [1.29, 1.82) is 0 Å². The summed E-state index contributed by atoms with van der Waals surface area (Å²) in [5, 5.41) is 3.14. The highest BCUT2D eigenvalue weighted by Crippen LogP contribution is 2.20. The molecule has 7 heteroatoms. The number of rotatable bonds is 7. The Kier molecular flexibility index (Phi) is 4.95. The van der Waals surface area contributed by atoms with Crippen LogP contribution in [-0.2, 0) is 4.74 Å². The molecule has 2 heterocycles. The molecule has 2 rings (SSSR count). The van der Waals surface area contributed by atoms with E-state index < -0.39 is 0 Å². The van der Waals surface area contributed by atoms with Gasteiger partial charge in [-0.15, -0.1) is 0 Å². The van der Waals surface area contributed by atoms with Crippen molar-refractivity contribution in [3.8, 4) is 5.88 Å². The molecule has 116 valence electrons. The van der Waals surface area contributed by atoms with Crippen LogP contribution in [0.5, 0.6) is 5.88 Å². The molecule has 0 saturated heterocycles. The highest BCUT2D eigenvalue weighted by molar-refractivity contribution is 5.76. The van der Waals surface area contributed by atoms with Crippen molar-refractivity contribution in [3.63, 3.8) is 0 Å². The molecule has 21 heavy (non-hydrogen) atoms. The van der Waals surface area contributed by atoms with Gasteiger partial charge in [0.25, 0.3) is 0 Å². The zero-order valence-electron chi connectivity index (χ0n) is 13.1. The lowest BCUT2D eigenvalue weighted by molar-refractivity contribution is -0.0166. The minimum Gasteiger partial charge on any atom is -0.474 e. The number of aromatic amines is 1. The first-order chi connectivity index (χ1) is 9.99. The van der Waals surface area contributed by atoms with E-state index in [-0.39, 0.29) is 5.60 Å². The predicted molar refractivity (Wildman–Crippen MR) is 81.7 cm³/mol. The van der Waals surface area contributed by atoms with Gasteiger partial charge in [-0.25, -0.2) is 4.98 Å². The van der Waals surface area contributed by atoms with Gasteiger partial charge in [-0.05, 0) is 27.2 Å². The maximum Gasteiger partial charge on any atom is 0.245 e. The van der Waals surface area contributed by atoms with E-state index in [1.54, 1.807) is 6.33 Å². The number of ether oxygens (including phenoxy) is 2. The number of hydrogen-bond donors (Lipinski definition) is 2. The van der Waals surface area contributed by atoms with Gasteiger partial charge in [0.05, 0.1) is 18.5 Å². The van der Waals surface area contributed by atoms with Crippen LogP contribution in [0.2, 0.25) is 0 Å². The minimum absolute atomic E-state index is 0.174. The molecule has 0 radical (unpaired) electrons. The Bertz CT molecular complexity index is 576. The van der Waals surface area contributed by atoms with E-state index in [1.807, 2.05) is 20.8 Å². The molecule has 0 spiro atoms. The van der Waals surface area contributed by atoms with E-state index in [2.05, 4.69) is 32.2 Å². The first kappa shape index (κ1) is 15.5. The van der Waals surface area contributed by atoms with Gasteiger partial charge in [0, 0.05) is 6.54 Å². The Balaban J connectivity index is 2.04. The normalized spacial score (nSPS) is 11.8. The molecule has 0 aliphatic heterocycles. The lowest BCUT2D eigenvalue weighted by atomic mass is 10.2. The average molecular weight is 293 g/mol. The van der Waals surface area contributed by atoms with Gasteiger partial charge in [-0.1, -0.05) is 6.92 Å². The van der Waals surface area contributed by atoms with Crippen LogP contribution < -0.4 is 10.1 Å². The Morgan fingerprint density at radius 2 is 2.05 bits per heavy atom. The van der Waals surface area contributed by atoms with Gasteiger partial charge in [0.2, 0.25) is 11.8 Å². The molecule has 0 fully saturated rings. The van der Waals surface area contributed by atoms with Gasteiger partial charge >= 0.3 is 0 Å². The third-order valence-electron chi connectivity index (χ3n) is 2.64. The largest absolute Gasteiger partial charge is 0.474 e. The van der Waals surface area contributed by atoms with Crippen LogP contribution in [0.1, 0.15) is 34.1 Å². The summed E-state index contributed by atoms with van der Waals surface area (Å²) >= 11 is 0. The van der Waals surface area contributed by atoms with Crippen LogP contribution in [-0.4, -0.2) is 45.3 Å². The van der Waals surface area contributed by atoms with Gasteiger partial charge in [0.1, 0.15) is 12.1 Å². The quantitative estimate of drug-likeness (QED) is 0.762. The second-order valence-corrected chi connectivity index (χ2v) is 5.69. The standard InChI is InChI=1S/C14H23N5O2/c1-5-6-15-13-18-11-10(16-9-17-11)12(19-13)20-7-8-21-14(2,3)4/h9H,5-8H2,1-4H3,(H2,15,16,17,18,19). The summed E-state index contributed by atoms with van der Waals surface area (Å²) in [6.07, 6.45) is 2.58. The summed E-state index contributed by atoms with van der Waals surface area (Å²) in [6.45, 7) is 9.85. The summed E-state index contributed by atoms with van der Waals surface area (Å²) in [5.74, 6) is 1.02. The second-order valence-electron chi connectivity index (χ2n) is 5.69. The molecule has 7 nitrogen and oxygen atoms in total. The lowest BCUT2D eigenvalue weighted by Gasteiger charge is -2.19. The Morgan fingerprint density at radius 3 is 2.76 bits per heavy atom. The Labute approximate surface area is 124 Å². The first-order valence-corrected chi connectivity index (χ1v) is 7.21. The number of fused-ring (bicyclic) bond motifs is 1. The summed E-state index contributed by atoms with van der Waals surface area (Å²) in [4.78, 5) is 15.9. The molecule has 0 saturated carbocycles. The third kappa shape index (κ3) is 4.56. The molecule has 0 aliphatic rings. The van der Waals surface area contributed by atoms with E-state index in [0.29, 0.717) is 36.2 Å². The van der Waals surface area contributed by atoms with Crippen molar-refractivity contribution >= 4 is 17.1 Å². The van der Waals surface area contributed by atoms with E-state index in [1.165, 1.54) is 0 Å². The van der Waals surface area contributed by atoms with Crippen LogP contribution >= 0.6 is 0 Å². The summed E-state index contributed by atoms with van der Waals surface area (Å²) < 4.78 is 11.3. The maximum atomic E-state index is 5.71. The fraction of sp³-hybridized carbons (Fsp3) is 0.643. The van der Waals surface area contributed by atoms with Crippen molar-refractivity contribution in [2.75, 3.05) is 25.1 Å². The van der Waals surface area contributed by atoms with Crippen LogP contribution in [0, 0.1) is 0 Å². The molecule has 0 aromatic carbocycles. The molecule has 0 bridgehead atoms. The lowest BCUT2D eigenvalue weighted by Crippen LogP contribution is -2.22. The Morgan fingerprint density at radius 1 is 1.24 bits per heavy atom. The molecule has 0 amide bonds. The smallest absolute Gasteiger partial charge is 0.245 e. The SMILES string of the molecule is CCCNc1nc(OCCOC(C)(C)C)c2[nH]cnc2n1. The number of nitrogens with one attached hydrogen (secondary N) is 2. The fourth-order valence-electron chi connectivity index (χ4n) is 1.71. The average Bonchev–Trinajstić information content (AvgIpc) is 2.88. The van der Waals surface area contributed by atoms with Crippen LogP contribution in [0.25, 0.3) is 11.2 Å². The van der Waals surface area contributed by atoms with Crippen molar-refractivity contribution in [2.24, 2.45) is 0 Å². The maximum absolute atomic E-state index is 5.71. The van der Waals surface area contributed by atoms with Gasteiger partial charge in [-0.2, -0.15) is 9.97 Å². The zero-order valence-corrected chi connectivity index (χ0v) is 13.1. The van der Waals surface area contributed by atoms with Gasteiger partial charge < -0.3 is 19.8 Å². The molecule has 0 aliphatic carbocycles. The number of anilines is 1. The molecule has 0 atom stereocenters. The van der Waals surface area contributed by atoms with Crippen molar-refractivity contribution in [2.45, 2.75) is 39.7 Å². The highest BCUT2D eigenvalue weighted by atomic mass is 16.5. The summed E-state index contributed by atoms with van der Waals surface area (Å²) in [6, 6.07) is 0. The van der Waals surface area contributed by atoms with E-state index in [0.717, 1.165) is 13.0 Å². The van der Waals surface area contributed by atoms with E-state index in [9.17, 15) is 0 Å². The number of aromatic nitrogens is 4. The number of imidazole rings is 1. The third-order valence-corrected chi connectivity index (χ3v) is 2.64. The first-order valence-electron chi connectivity index (χ1n) is 7.21. The monoisotopic (exact) mass is 293 g/mol. The number of H-pyrrole nitrogens is 1. The van der Waals surface area contributed by atoms with Gasteiger partial charge in [-0.3, -0.25) is 0 Å². The Hall–Kier alpha value is -1.89. The summed E-state index contributed by atoms with van der Waals surface area (Å²) in [5.41, 5.74) is 1.12. The van der Waals surface area contributed by atoms with Crippen LogP contribution in [0.15, 0.2) is 6.33 Å². The molecular weight excluding hydrogens is 270 g/mol. The highest BCUT2D eigenvalue weighted by Gasteiger charge is 2.13. The van der Waals surface area contributed by atoms with Crippen LogP contribution in [0.4, 0.5) is 5.95 Å². The molecule has 0 unspecified atom stereocenters. The number of hydrogen-bond acceptors (Lipinski definition) is 6. The summed E-state index contributed by atoms with van der Waals surface area (Å²) in [7, 11) is 0. The topological polar surface area (TPSA) is 85.0 Å². The van der Waals surface area contributed by atoms with E-state index in [4.69, 9.17) is 9.47 Å². The zero-order chi connectivity index (χ0) is 15.3. The molecule has 2 N–H and O–H groups in total. The number of nitrogens with zero attached hydrogens (tertiary/aromatic N) is 3. The predicted octanol–water partition coefficient (Wildman–Crippen LogP) is 2.37. The second kappa shape index (κ2) is 6.71. The molecule has 2 aromatic rings. The van der Waals surface area contributed by atoms with E-state index >= 15 is 0 Å². The molecule has 2 aromatic heterocycles. The van der Waals surface area contributed by atoms with Crippen LogP contribution in [0.3, 0.4) is 0 Å². The van der Waals surface area contributed by atoms with Crippen molar-refractivity contribution in [3.05, 3.63) is 6.33 Å². The minimum atomic E-state index is -0.174. The van der Waals surface area contributed by atoms with Crippen molar-refractivity contribution in [1.82, 2.24) is 19.9 Å². The van der Waals surface area contributed by atoms with Gasteiger partial charge in [0.15, 0.2) is 5.65 Å². The fourth-order valence-corrected chi connectivity index (χ4v) is 1.71. The molecular formula is C14H23N5O2. The van der Waals surface area contributed by atoms with Crippen molar-refractivity contribution < 1.29 is 9.47 Å².